The molecule has 190 valence electrons. The molecular formula is C28H19Cl2N3O4S. The van der Waals surface area contributed by atoms with Gasteiger partial charge in [-0.1, -0.05) is 23.2 Å². The minimum atomic E-state index is -0.421. The monoisotopic (exact) mass is 563 g/mol. The molecule has 5 aromatic rings. The van der Waals surface area contributed by atoms with E-state index in [1.54, 1.807) is 55.6 Å². The first-order chi connectivity index (χ1) is 18.4. The van der Waals surface area contributed by atoms with Gasteiger partial charge in [0, 0.05) is 32.9 Å². The number of hydrogen-bond acceptors (Lipinski definition) is 6. The van der Waals surface area contributed by atoms with Gasteiger partial charge in [0.05, 0.1) is 7.11 Å². The highest BCUT2D eigenvalue weighted by Crippen LogP contribution is 2.29. The molecule has 2 heterocycles. The van der Waals surface area contributed by atoms with Gasteiger partial charge in [0.15, 0.2) is 10.7 Å². The van der Waals surface area contributed by atoms with Crippen LogP contribution in [-0.4, -0.2) is 23.1 Å². The van der Waals surface area contributed by atoms with E-state index in [1.165, 1.54) is 12.2 Å². The van der Waals surface area contributed by atoms with Crippen LogP contribution >= 0.6 is 35.4 Å². The van der Waals surface area contributed by atoms with E-state index >= 15 is 0 Å². The number of amides is 1. The molecule has 2 aromatic heterocycles. The number of oxazole rings is 1. The number of hydrogen-bond donors (Lipinski definition) is 2. The molecule has 0 aliphatic rings. The molecule has 0 aliphatic heterocycles. The second-order valence-electron chi connectivity index (χ2n) is 8.07. The molecule has 0 aliphatic carbocycles. The van der Waals surface area contributed by atoms with Gasteiger partial charge in [-0.25, -0.2) is 4.98 Å². The molecule has 10 heteroatoms. The topological polar surface area (TPSA) is 89.5 Å². The molecule has 0 saturated carbocycles. The third-order valence-corrected chi connectivity index (χ3v) is 6.03. The molecule has 0 atom stereocenters. The lowest BCUT2D eigenvalue weighted by Gasteiger charge is -2.07. The Balaban J connectivity index is 1.20. The smallest absolute Gasteiger partial charge is 0.250 e. The second kappa shape index (κ2) is 11.1. The zero-order valence-electron chi connectivity index (χ0n) is 19.8. The van der Waals surface area contributed by atoms with Gasteiger partial charge in [0.25, 0.3) is 0 Å². The summed E-state index contributed by atoms with van der Waals surface area (Å²) in [6, 6.07) is 21.4. The summed E-state index contributed by atoms with van der Waals surface area (Å²) >= 11 is 17.4. The molecule has 2 N–H and O–H groups in total. The number of carbonyl (C=O) groups is 1. The third-order valence-electron chi connectivity index (χ3n) is 5.39. The van der Waals surface area contributed by atoms with Crippen molar-refractivity contribution in [2.24, 2.45) is 0 Å². The molecule has 5 rings (SSSR count). The summed E-state index contributed by atoms with van der Waals surface area (Å²) in [4.78, 5) is 16.9. The van der Waals surface area contributed by atoms with Crippen LogP contribution in [-0.2, 0) is 4.79 Å². The lowest BCUT2D eigenvalue weighted by atomic mass is 10.2. The fourth-order valence-electron chi connectivity index (χ4n) is 3.63. The highest BCUT2D eigenvalue weighted by atomic mass is 35.5. The van der Waals surface area contributed by atoms with Crippen LogP contribution in [0, 0.1) is 0 Å². The van der Waals surface area contributed by atoms with E-state index in [2.05, 4.69) is 15.6 Å². The van der Waals surface area contributed by atoms with Crippen LogP contribution in [0.15, 0.2) is 87.7 Å². The Hall–Kier alpha value is -4.11. The average Bonchev–Trinajstić information content (AvgIpc) is 3.54. The molecule has 0 saturated heterocycles. The number of nitrogens with zero attached hydrogens (tertiary/aromatic N) is 1. The van der Waals surface area contributed by atoms with Gasteiger partial charge in [-0.2, -0.15) is 0 Å². The van der Waals surface area contributed by atoms with Crippen LogP contribution in [0.4, 0.5) is 5.69 Å². The zero-order valence-corrected chi connectivity index (χ0v) is 22.2. The third kappa shape index (κ3) is 6.06. The summed E-state index contributed by atoms with van der Waals surface area (Å²) in [6.45, 7) is 0. The predicted octanol–water partition coefficient (Wildman–Crippen LogP) is 7.60. The maximum atomic E-state index is 12.4. The molecule has 0 spiro atoms. The highest BCUT2D eigenvalue weighted by Gasteiger charge is 2.11. The number of halogens is 2. The largest absolute Gasteiger partial charge is 0.497 e. The first-order valence-corrected chi connectivity index (χ1v) is 12.4. The molecule has 0 unspecified atom stereocenters. The van der Waals surface area contributed by atoms with Gasteiger partial charge in [-0.3, -0.25) is 10.1 Å². The number of rotatable bonds is 6. The van der Waals surface area contributed by atoms with Gasteiger partial charge in [0.2, 0.25) is 11.8 Å². The maximum absolute atomic E-state index is 12.4. The number of fused-ring (bicyclic) bond motifs is 1. The summed E-state index contributed by atoms with van der Waals surface area (Å²) in [7, 11) is 1.61. The normalized spacial score (nSPS) is 11.1. The molecule has 0 radical (unpaired) electrons. The molecule has 7 nitrogen and oxygen atoms in total. The van der Waals surface area contributed by atoms with Crippen LogP contribution in [0.2, 0.25) is 10.0 Å². The number of furan rings is 1. The number of thiocarbonyl (C=S) groups is 1. The van der Waals surface area contributed by atoms with Crippen molar-refractivity contribution in [3.8, 4) is 28.5 Å². The number of nitrogens with one attached hydrogen (secondary N) is 2. The summed E-state index contributed by atoms with van der Waals surface area (Å²) in [5, 5.41) is 6.72. The van der Waals surface area contributed by atoms with E-state index in [1.807, 2.05) is 24.3 Å². The van der Waals surface area contributed by atoms with Gasteiger partial charge >= 0.3 is 0 Å². The summed E-state index contributed by atoms with van der Waals surface area (Å²) in [5.74, 6) is 1.87. The summed E-state index contributed by atoms with van der Waals surface area (Å²) < 4.78 is 16.8. The summed E-state index contributed by atoms with van der Waals surface area (Å²) in [6.07, 6.45) is 2.86. The molecule has 38 heavy (non-hydrogen) atoms. The Morgan fingerprint density at radius 3 is 2.45 bits per heavy atom. The van der Waals surface area contributed by atoms with Crippen LogP contribution in [0.5, 0.6) is 5.75 Å². The van der Waals surface area contributed by atoms with Crippen molar-refractivity contribution in [3.05, 3.63) is 94.7 Å². The van der Waals surface area contributed by atoms with Gasteiger partial charge in [-0.05, 0) is 91.1 Å². The van der Waals surface area contributed by atoms with Crippen molar-refractivity contribution >= 4 is 69.3 Å². The maximum Gasteiger partial charge on any atom is 0.250 e. The number of anilines is 1. The van der Waals surface area contributed by atoms with Crippen LogP contribution in [0.3, 0.4) is 0 Å². The van der Waals surface area contributed by atoms with Crippen molar-refractivity contribution in [3.63, 3.8) is 0 Å². The van der Waals surface area contributed by atoms with Crippen molar-refractivity contribution in [1.29, 1.82) is 0 Å². The molecule has 0 fully saturated rings. The van der Waals surface area contributed by atoms with Crippen LogP contribution < -0.4 is 15.4 Å². The first kappa shape index (κ1) is 25.5. The number of carbonyl (C=O) groups excluding carboxylic acids is 1. The van der Waals surface area contributed by atoms with E-state index in [4.69, 9.17) is 49.0 Å². The van der Waals surface area contributed by atoms with Crippen LogP contribution in [0.1, 0.15) is 5.76 Å². The lowest BCUT2D eigenvalue weighted by molar-refractivity contribution is -0.115. The van der Waals surface area contributed by atoms with Gasteiger partial charge < -0.3 is 18.9 Å². The Morgan fingerprint density at radius 2 is 1.71 bits per heavy atom. The number of ether oxygens (including phenoxy) is 1. The van der Waals surface area contributed by atoms with Crippen molar-refractivity contribution in [2.75, 3.05) is 12.4 Å². The Labute approximate surface area is 233 Å². The standard InChI is InChI=1S/C28H19Cl2N3O4S/c1-35-21-5-2-16(3-6-21)27-32-23-15-20(4-9-25(23)37-27)31-28(38)33-26(34)11-8-22-7-10-24(36-22)17-12-18(29)14-19(30)13-17/h2-15H,1H3,(H2,31,33,34,38)/b11-8+. The van der Waals surface area contributed by atoms with Gasteiger partial charge in [-0.15, -0.1) is 0 Å². The predicted molar refractivity (Wildman–Crippen MR) is 154 cm³/mol. The molecule has 1 amide bonds. The van der Waals surface area contributed by atoms with E-state index in [9.17, 15) is 4.79 Å². The lowest BCUT2D eigenvalue weighted by Crippen LogP contribution is -2.32. The fraction of sp³-hybridized carbons (Fsp3) is 0.0357. The van der Waals surface area contributed by atoms with E-state index < -0.39 is 5.91 Å². The quantitative estimate of drug-likeness (QED) is 0.162. The minimum absolute atomic E-state index is 0.131. The SMILES string of the molecule is COc1ccc(-c2nc3cc(NC(=S)NC(=O)/C=C/c4ccc(-c5cc(Cl)cc(Cl)c5)o4)ccc3o2)cc1. The van der Waals surface area contributed by atoms with Crippen molar-refractivity contribution in [2.45, 2.75) is 0 Å². The van der Waals surface area contributed by atoms with Crippen molar-refractivity contribution in [1.82, 2.24) is 10.3 Å². The number of benzene rings is 3. The Morgan fingerprint density at radius 1 is 0.947 bits per heavy atom. The van der Waals surface area contributed by atoms with E-state index in [0.717, 1.165) is 16.9 Å². The van der Waals surface area contributed by atoms with Crippen molar-refractivity contribution < 1.29 is 18.4 Å². The highest BCUT2D eigenvalue weighted by molar-refractivity contribution is 7.80. The van der Waals surface area contributed by atoms with Gasteiger partial charge in [0.1, 0.15) is 22.8 Å². The molecule has 3 aromatic carbocycles. The summed E-state index contributed by atoms with van der Waals surface area (Å²) in [5.41, 5.74) is 3.47. The Kier molecular flexibility index (Phi) is 7.46. The van der Waals surface area contributed by atoms with Crippen LogP contribution in [0.25, 0.3) is 40.0 Å². The Bertz CT molecular complexity index is 1660. The fourth-order valence-corrected chi connectivity index (χ4v) is 4.37. The average molecular weight is 564 g/mol. The number of methoxy groups -OCH3 is 1. The van der Waals surface area contributed by atoms with E-state index in [-0.39, 0.29) is 5.11 Å². The first-order valence-electron chi connectivity index (χ1n) is 11.3. The minimum Gasteiger partial charge on any atom is -0.497 e. The number of aromatic nitrogens is 1. The zero-order chi connectivity index (χ0) is 26.6. The molecular weight excluding hydrogens is 545 g/mol. The molecule has 0 bridgehead atoms. The van der Waals surface area contributed by atoms with E-state index in [0.29, 0.717) is 44.2 Å². The second-order valence-corrected chi connectivity index (χ2v) is 9.35.